The maximum absolute atomic E-state index is 14.5. The van der Waals surface area contributed by atoms with Gasteiger partial charge in [0.1, 0.15) is 5.52 Å². The molecule has 136 valence electrons. The van der Waals surface area contributed by atoms with Gasteiger partial charge in [-0.05, 0) is 37.1 Å². The zero-order chi connectivity index (χ0) is 18.8. The number of hydrogen-bond acceptors (Lipinski definition) is 4. The van der Waals surface area contributed by atoms with Gasteiger partial charge in [0.15, 0.2) is 17.4 Å². The molecule has 0 saturated carbocycles. The van der Waals surface area contributed by atoms with E-state index in [4.69, 9.17) is 10.5 Å². The highest BCUT2D eigenvalue weighted by molar-refractivity contribution is 5.82. The molecule has 1 amide bonds. The highest BCUT2D eigenvalue weighted by Crippen LogP contribution is 2.32. The number of ether oxygens (including phenoxy) is 1. The van der Waals surface area contributed by atoms with E-state index in [2.05, 4.69) is 10.1 Å². The molecule has 1 aromatic carbocycles. The summed E-state index contributed by atoms with van der Waals surface area (Å²) in [7, 11) is 1.21. The van der Waals surface area contributed by atoms with Gasteiger partial charge in [-0.25, -0.2) is 13.8 Å². The van der Waals surface area contributed by atoms with Gasteiger partial charge in [-0.2, -0.15) is 5.10 Å². The maximum Gasteiger partial charge on any atom is 0.217 e. The molecule has 6 nitrogen and oxygen atoms in total. The number of nitrogens with two attached hydrogens (primary N) is 1. The van der Waals surface area contributed by atoms with Gasteiger partial charge in [-0.3, -0.25) is 9.48 Å². The van der Waals surface area contributed by atoms with Gasteiger partial charge in [0.25, 0.3) is 0 Å². The quantitative estimate of drug-likeness (QED) is 0.733. The van der Waals surface area contributed by atoms with Crippen molar-refractivity contribution < 1.29 is 18.3 Å². The molecular formula is C18H18F2N4O2. The van der Waals surface area contributed by atoms with Crippen molar-refractivity contribution in [3.63, 3.8) is 0 Å². The van der Waals surface area contributed by atoms with Crippen molar-refractivity contribution in [3.05, 3.63) is 41.6 Å². The first-order valence-electron chi connectivity index (χ1n) is 8.06. The van der Waals surface area contributed by atoms with Gasteiger partial charge in [0, 0.05) is 18.5 Å². The van der Waals surface area contributed by atoms with Crippen LogP contribution in [0.2, 0.25) is 0 Å². The number of aromatic nitrogens is 3. The molecule has 8 heteroatoms. The minimum absolute atomic E-state index is 0.148. The van der Waals surface area contributed by atoms with E-state index in [1.54, 1.807) is 16.9 Å². The summed E-state index contributed by atoms with van der Waals surface area (Å²) in [6, 6.07) is 4.19. The number of fused-ring (bicyclic) bond motifs is 1. The monoisotopic (exact) mass is 360 g/mol. The molecule has 0 atom stereocenters. The van der Waals surface area contributed by atoms with Crippen molar-refractivity contribution in [1.29, 1.82) is 0 Å². The molecule has 3 rings (SSSR count). The third-order valence-electron chi connectivity index (χ3n) is 4.11. The lowest BCUT2D eigenvalue weighted by molar-refractivity contribution is -0.118. The number of hydrogen-bond donors (Lipinski definition) is 1. The van der Waals surface area contributed by atoms with Crippen LogP contribution in [-0.2, 0) is 11.3 Å². The normalized spacial score (nSPS) is 11.1. The van der Waals surface area contributed by atoms with Crippen LogP contribution in [0.1, 0.15) is 18.4 Å². The summed E-state index contributed by atoms with van der Waals surface area (Å²) in [6.07, 6.45) is 2.42. The zero-order valence-corrected chi connectivity index (χ0v) is 14.4. The first-order chi connectivity index (χ1) is 12.4. The van der Waals surface area contributed by atoms with Crippen molar-refractivity contribution in [3.8, 4) is 17.0 Å². The van der Waals surface area contributed by atoms with Gasteiger partial charge < -0.3 is 10.5 Å². The predicted molar refractivity (Wildman–Crippen MR) is 92.6 cm³/mol. The first-order valence-corrected chi connectivity index (χ1v) is 8.06. The van der Waals surface area contributed by atoms with Gasteiger partial charge in [0.2, 0.25) is 5.91 Å². The van der Waals surface area contributed by atoms with Crippen LogP contribution in [0.5, 0.6) is 5.75 Å². The summed E-state index contributed by atoms with van der Waals surface area (Å²) >= 11 is 0. The molecule has 0 saturated heterocycles. The summed E-state index contributed by atoms with van der Waals surface area (Å²) in [5, 5.41) is 4.28. The summed E-state index contributed by atoms with van der Waals surface area (Å²) in [6.45, 7) is 2.38. The van der Waals surface area contributed by atoms with Crippen molar-refractivity contribution in [2.24, 2.45) is 5.73 Å². The lowest BCUT2D eigenvalue weighted by Gasteiger charge is -2.10. The minimum Gasteiger partial charge on any atom is -0.491 e. The van der Waals surface area contributed by atoms with E-state index in [9.17, 15) is 13.6 Å². The highest BCUT2D eigenvalue weighted by Gasteiger charge is 2.18. The SMILES string of the molecule is COc1c(F)ccc(-c2cc(C)c3c(cnn3CCCC(N)=O)n2)c1F. The fourth-order valence-corrected chi connectivity index (χ4v) is 2.93. The van der Waals surface area contributed by atoms with Crippen LogP contribution >= 0.6 is 0 Å². The molecule has 0 aliphatic heterocycles. The molecule has 26 heavy (non-hydrogen) atoms. The molecule has 3 aromatic rings. The third-order valence-corrected chi connectivity index (χ3v) is 4.11. The smallest absolute Gasteiger partial charge is 0.217 e. The summed E-state index contributed by atoms with van der Waals surface area (Å²) in [4.78, 5) is 15.3. The molecule has 0 radical (unpaired) electrons. The molecular weight excluding hydrogens is 342 g/mol. The van der Waals surface area contributed by atoms with Crippen molar-refractivity contribution in [2.45, 2.75) is 26.3 Å². The largest absolute Gasteiger partial charge is 0.491 e. The van der Waals surface area contributed by atoms with Crippen LogP contribution in [0.4, 0.5) is 8.78 Å². The number of primary amides is 1. The van der Waals surface area contributed by atoms with E-state index >= 15 is 0 Å². The Hall–Kier alpha value is -3.03. The van der Waals surface area contributed by atoms with E-state index in [1.807, 2.05) is 6.92 Å². The second-order valence-electron chi connectivity index (χ2n) is 5.94. The Morgan fingerprint density at radius 3 is 2.81 bits per heavy atom. The van der Waals surface area contributed by atoms with Crippen molar-refractivity contribution >= 4 is 16.9 Å². The molecule has 0 aliphatic rings. The Labute approximate surface area is 148 Å². The van der Waals surface area contributed by atoms with Crippen molar-refractivity contribution in [1.82, 2.24) is 14.8 Å². The van der Waals surface area contributed by atoms with Crippen LogP contribution in [0.3, 0.4) is 0 Å². The van der Waals surface area contributed by atoms with E-state index < -0.39 is 17.4 Å². The van der Waals surface area contributed by atoms with E-state index in [0.717, 1.165) is 17.1 Å². The number of nitrogens with zero attached hydrogens (tertiary/aromatic N) is 3. The summed E-state index contributed by atoms with van der Waals surface area (Å²) < 4.78 is 34.7. The minimum atomic E-state index is -0.799. The third kappa shape index (κ3) is 3.22. The summed E-state index contributed by atoms with van der Waals surface area (Å²) in [5.41, 5.74) is 7.89. The molecule has 2 aromatic heterocycles. The Bertz CT molecular complexity index is 985. The molecule has 2 heterocycles. The predicted octanol–water partition coefficient (Wildman–Crippen LogP) is 2.96. The molecule has 2 N–H and O–H groups in total. The Balaban J connectivity index is 2.02. The number of aryl methyl sites for hydroxylation is 2. The fourth-order valence-electron chi connectivity index (χ4n) is 2.93. The topological polar surface area (TPSA) is 83.0 Å². The Morgan fingerprint density at radius 1 is 1.35 bits per heavy atom. The van der Waals surface area contributed by atoms with E-state index in [-0.39, 0.29) is 17.9 Å². The first kappa shape index (κ1) is 17.8. The van der Waals surface area contributed by atoms with Crippen molar-refractivity contribution in [2.75, 3.05) is 7.11 Å². The number of rotatable bonds is 6. The molecule has 0 bridgehead atoms. The van der Waals surface area contributed by atoms with Crippen LogP contribution in [-0.4, -0.2) is 27.8 Å². The van der Waals surface area contributed by atoms with Crippen LogP contribution < -0.4 is 10.5 Å². The molecule has 0 unspecified atom stereocenters. The molecule has 0 aliphatic carbocycles. The van der Waals surface area contributed by atoms with Crippen LogP contribution in [0.25, 0.3) is 22.3 Å². The number of pyridine rings is 1. The standard InChI is InChI=1S/C18H18F2N4O2/c1-10-8-13(11-5-6-12(19)18(26-2)16(11)20)23-14-9-22-24(17(10)14)7-3-4-15(21)25/h5-6,8-9H,3-4,7H2,1-2H3,(H2,21,25). The number of carbonyl (C=O) groups is 1. The second kappa shape index (κ2) is 7.07. The van der Waals surface area contributed by atoms with Gasteiger partial charge in [-0.1, -0.05) is 0 Å². The molecule has 0 fully saturated rings. The van der Waals surface area contributed by atoms with Crippen LogP contribution in [0.15, 0.2) is 24.4 Å². The average molecular weight is 360 g/mol. The number of carbonyl (C=O) groups excluding carboxylic acids is 1. The van der Waals surface area contributed by atoms with E-state index in [1.165, 1.54) is 13.2 Å². The lowest BCUT2D eigenvalue weighted by atomic mass is 10.1. The fraction of sp³-hybridized carbons (Fsp3) is 0.278. The number of halogens is 2. The van der Waals surface area contributed by atoms with Crippen LogP contribution in [0, 0.1) is 18.6 Å². The number of amides is 1. The Kier molecular flexibility index (Phi) is 4.83. The van der Waals surface area contributed by atoms with Gasteiger partial charge in [-0.15, -0.1) is 0 Å². The molecule has 0 spiro atoms. The highest BCUT2D eigenvalue weighted by atomic mass is 19.1. The van der Waals surface area contributed by atoms with Gasteiger partial charge in [0.05, 0.1) is 24.5 Å². The summed E-state index contributed by atoms with van der Waals surface area (Å²) in [5.74, 6) is -2.37. The second-order valence-corrected chi connectivity index (χ2v) is 5.94. The van der Waals surface area contributed by atoms with Gasteiger partial charge >= 0.3 is 0 Å². The lowest BCUT2D eigenvalue weighted by Crippen LogP contribution is -2.12. The zero-order valence-electron chi connectivity index (χ0n) is 14.4. The maximum atomic E-state index is 14.5. The number of benzene rings is 1. The number of methoxy groups -OCH3 is 1. The van der Waals surface area contributed by atoms with E-state index in [0.29, 0.717) is 24.2 Å². The average Bonchev–Trinajstić information content (AvgIpc) is 2.98. The Morgan fingerprint density at radius 2 is 2.12 bits per heavy atom.